The number of piperidine rings is 1. The summed E-state index contributed by atoms with van der Waals surface area (Å²) < 4.78 is 15.1. The molecule has 22 heavy (non-hydrogen) atoms. The lowest BCUT2D eigenvalue weighted by atomic mass is 9.76. The first-order valence-electron chi connectivity index (χ1n) is 9.55. The smallest absolute Gasteiger partial charge is 0.386 e. The predicted molar refractivity (Wildman–Crippen MR) is 92.8 cm³/mol. The largest absolute Gasteiger partial charge is 0.430 e. The van der Waals surface area contributed by atoms with Gasteiger partial charge >= 0.3 is 8.72 Å². The summed E-state index contributed by atoms with van der Waals surface area (Å²) in [6, 6.07) is 0. The van der Waals surface area contributed by atoms with Gasteiger partial charge < -0.3 is 8.85 Å². The highest BCUT2D eigenvalue weighted by Gasteiger charge is 2.53. The van der Waals surface area contributed by atoms with Crippen LogP contribution in [0.25, 0.3) is 0 Å². The summed E-state index contributed by atoms with van der Waals surface area (Å²) >= 11 is 0. The van der Waals surface area contributed by atoms with Gasteiger partial charge in [0.15, 0.2) is 0 Å². The lowest BCUT2D eigenvalue weighted by Crippen LogP contribution is -2.64. The molecule has 0 aromatic heterocycles. The Morgan fingerprint density at radius 3 is 2.09 bits per heavy atom. The molecule has 1 saturated heterocycles. The average Bonchev–Trinajstić information content (AvgIpc) is 2.58. The summed E-state index contributed by atoms with van der Waals surface area (Å²) in [7, 11) is 1.62. The molecule has 0 N–H and O–H groups in total. The molecule has 1 heterocycles. The Kier molecular flexibility index (Phi) is 5.64. The Morgan fingerprint density at radius 2 is 1.45 bits per heavy atom. The second kappa shape index (κ2) is 7.33. The molecule has 0 amide bonds. The minimum Gasteiger partial charge on any atom is -0.386 e. The van der Waals surface area contributed by atoms with Crippen molar-refractivity contribution in [2.45, 2.75) is 70.3 Å². The van der Waals surface area contributed by atoms with Crippen molar-refractivity contribution < 1.29 is 8.85 Å². The van der Waals surface area contributed by atoms with E-state index in [1.54, 1.807) is 0 Å². The lowest BCUT2D eigenvalue weighted by Gasteiger charge is -2.50. The Hall–Kier alpha value is 0.0969. The van der Waals surface area contributed by atoms with E-state index in [9.17, 15) is 0 Å². The van der Waals surface area contributed by atoms with Crippen LogP contribution in [-0.4, -0.2) is 40.6 Å². The molecular formula is C18H35NO2Si. The highest BCUT2D eigenvalue weighted by molar-refractivity contribution is 6.66. The van der Waals surface area contributed by atoms with Crippen LogP contribution in [0.15, 0.2) is 0 Å². The van der Waals surface area contributed by atoms with E-state index >= 15 is 0 Å². The first-order chi connectivity index (χ1) is 10.7. The van der Waals surface area contributed by atoms with Gasteiger partial charge in [-0.15, -0.1) is 0 Å². The van der Waals surface area contributed by atoms with Crippen molar-refractivity contribution in [2.75, 3.05) is 27.3 Å². The average molecular weight is 326 g/mol. The molecule has 2 aliphatic carbocycles. The fraction of sp³-hybridized carbons (Fsp3) is 1.00. The van der Waals surface area contributed by atoms with Crippen LogP contribution in [0.4, 0.5) is 0 Å². The zero-order chi connectivity index (χ0) is 15.6. The fourth-order valence-corrected chi connectivity index (χ4v) is 9.30. The van der Waals surface area contributed by atoms with E-state index in [-0.39, 0.29) is 0 Å². The minimum absolute atomic E-state index is 0.666. The van der Waals surface area contributed by atoms with Crippen LogP contribution < -0.4 is 0 Å². The van der Waals surface area contributed by atoms with Crippen LogP contribution in [0.1, 0.15) is 64.7 Å². The highest BCUT2D eigenvalue weighted by atomic mass is 28.4. The molecule has 3 rings (SSSR count). The number of hydrogen-bond donors (Lipinski definition) is 0. The maximum atomic E-state index is 6.22. The van der Waals surface area contributed by atoms with Gasteiger partial charge in [0.25, 0.3) is 0 Å². The number of hydrogen-bond acceptors (Lipinski definition) is 3. The zero-order valence-corrected chi connectivity index (χ0v) is 15.9. The Bertz CT molecular complexity index is 353. The second-order valence-electron chi connectivity index (χ2n) is 8.04. The number of fused-ring (bicyclic) bond motifs is 1. The zero-order valence-electron chi connectivity index (χ0n) is 14.9. The van der Waals surface area contributed by atoms with E-state index in [0.717, 1.165) is 17.8 Å². The van der Waals surface area contributed by atoms with Crippen molar-refractivity contribution in [2.24, 2.45) is 17.8 Å². The van der Waals surface area contributed by atoms with Gasteiger partial charge in [0.05, 0.1) is 0 Å². The van der Waals surface area contributed by atoms with Gasteiger partial charge in [-0.05, 0) is 56.5 Å². The topological polar surface area (TPSA) is 21.7 Å². The van der Waals surface area contributed by atoms with E-state index < -0.39 is 8.72 Å². The highest BCUT2D eigenvalue weighted by Crippen LogP contribution is 2.44. The van der Waals surface area contributed by atoms with Gasteiger partial charge in [-0.3, -0.25) is 4.57 Å². The summed E-state index contributed by atoms with van der Waals surface area (Å²) in [6.07, 6.45) is 12.5. The summed E-state index contributed by atoms with van der Waals surface area (Å²) in [4.78, 5) is 0. The van der Waals surface area contributed by atoms with E-state index in [1.807, 2.05) is 14.2 Å². The molecular weight excluding hydrogens is 290 g/mol. The van der Waals surface area contributed by atoms with Crippen molar-refractivity contribution in [3.8, 4) is 0 Å². The monoisotopic (exact) mass is 325 g/mol. The summed E-state index contributed by atoms with van der Waals surface area (Å²) in [5.74, 6) is 2.78. The van der Waals surface area contributed by atoms with Crippen molar-refractivity contribution in [3.63, 3.8) is 0 Å². The molecule has 2 atom stereocenters. The normalized spacial score (nSPS) is 37.8. The summed E-state index contributed by atoms with van der Waals surface area (Å²) in [5, 5.41) is 0. The van der Waals surface area contributed by atoms with E-state index in [4.69, 9.17) is 8.85 Å². The molecule has 2 unspecified atom stereocenters. The van der Waals surface area contributed by atoms with Crippen molar-refractivity contribution in [1.82, 2.24) is 4.57 Å². The van der Waals surface area contributed by atoms with Gasteiger partial charge in [-0.1, -0.05) is 39.0 Å². The Morgan fingerprint density at radius 1 is 0.818 bits per heavy atom. The summed E-state index contributed by atoms with van der Waals surface area (Å²) in [5.41, 5.74) is 0.666. The van der Waals surface area contributed by atoms with Crippen LogP contribution in [0, 0.1) is 17.8 Å². The van der Waals surface area contributed by atoms with E-state index in [2.05, 4.69) is 11.5 Å². The Labute approximate surface area is 138 Å². The van der Waals surface area contributed by atoms with Crippen LogP contribution in [-0.2, 0) is 8.85 Å². The molecule has 0 aromatic rings. The molecule has 2 saturated carbocycles. The predicted octanol–water partition coefficient (Wildman–Crippen LogP) is 4.31. The standard InChI is InChI=1S/C18H35NO2Si/c1-15-8-10-18(11-9-15)22(20-2,21-3)19-13-12-16-6-4-5-7-17(16)14-19/h15-18H,4-14H2,1-3H3. The molecule has 3 fully saturated rings. The number of nitrogens with zero attached hydrogens (tertiary/aromatic N) is 1. The third kappa shape index (κ3) is 3.17. The van der Waals surface area contributed by atoms with Crippen molar-refractivity contribution >= 4 is 8.72 Å². The van der Waals surface area contributed by atoms with Crippen LogP contribution >= 0.6 is 0 Å². The third-order valence-corrected chi connectivity index (χ3v) is 10.9. The SMILES string of the molecule is CO[Si](OC)(C1CCC(C)CC1)N1CCC2CCCCC2C1. The van der Waals surface area contributed by atoms with E-state index in [1.165, 1.54) is 70.9 Å². The first-order valence-corrected chi connectivity index (χ1v) is 11.4. The fourth-order valence-electron chi connectivity index (χ4n) is 5.44. The van der Waals surface area contributed by atoms with Gasteiger partial charge in [0.1, 0.15) is 0 Å². The molecule has 1 aliphatic heterocycles. The minimum atomic E-state index is -2.21. The molecule has 3 nitrogen and oxygen atoms in total. The quantitative estimate of drug-likeness (QED) is 0.719. The van der Waals surface area contributed by atoms with Crippen LogP contribution in [0.5, 0.6) is 0 Å². The summed E-state index contributed by atoms with van der Waals surface area (Å²) in [6.45, 7) is 4.85. The maximum absolute atomic E-state index is 6.22. The molecule has 0 radical (unpaired) electrons. The van der Waals surface area contributed by atoms with Gasteiger partial charge in [0, 0.05) is 19.8 Å². The van der Waals surface area contributed by atoms with Gasteiger partial charge in [-0.25, -0.2) is 0 Å². The lowest BCUT2D eigenvalue weighted by molar-refractivity contribution is 0.0705. The van der Waals surface area contributed by atoms with Crippen molar-refractivity contribution in [3.05, 3.63) is 0 Å². The molecule has 128 valence electrons. The number of rotatable bonds is 4. The Balaban J connectivity index is 1.72. The van der Waals surface area contributed by atoms with Crippen LogP contribution in [0.3, 0.4) is 0 Å². The molecule has 0 spiro atoms. The molecule has 3 aliphatic rings. The molecule has 0 bridgehead atoms. The second-order valence-corrected chi connectivity index (χ2v) is 11.6. The third-order valence-electron chi connectivity index (χ3n) is 6.85. The molecule has 4 heteroatoms. The molecule has 0 aromatic carbocycles. The first kappa shape index (κ1) is 16.9. The van der Waals surface area contributed by atoms with Crippen molar-refractivity contribution in [1.29, 1.82) is 0 Å². The van der Waals surface area contributed by atoms with Gasteiger partial charge in [0.2, 0.25) is 0 Å². The van der Waals surface area contributed by atoms with Gasteiger partial charge in [-0.2, -0.15) is 0 Å². The van der Waals surface area contributed by atoms with Crippen LogP contribution in [0.2, 0.25) is 5.54 Å². The van der Waals surface area contributed by atoms with E-state index in [0.29, 0.717) is 5.54 Å². The maximum Gasteiger partial charge on any atom is 0.430 e.